The van der Waals surface area contributed by atoms with Crippen LogP contribution in [0.2, 0.25) is 0 Å². The minimum Gasteiger partial charge on any atom is -0.496 e. The predicted octanol–water partition coefficient (Wildman–Crippen LogP) is 3.11. The third-order valence-electron chi connectivity index (χ3n) is 2.36. The van der Waals surface area contributed by atoms with Gasteiger partial charge in [-0.15, -0.1) is 11.3 Å². The number of nitrogens with zero attached hydrogens (tertiary/aromatic N) is 1. The van der Waals surface area contributed by atoms with E-state index in [0.29, 0.717) is 16.2 Å². The van der Waals surface area contributed by atoms with Crippen LogP contribution in [0, 0.1) is 11.3 Å². The molecule has 0 unspecified atom stereocenters. The molecule has 1 heterocycles. The third kappa shape index (κ3) is 2.19. The van der Waals surface area contributed by atoms with Crippen molar-refractivity contribution in [2.45, 2.75) is 0 Å². The van der Waals surface area contributed by atoms with Crippen LogP contribution in [0.3, 0.4) is 0 Å². The smallest absolute Gasteiger partial charge is 0.153 e. The van der Waals surface area contributed by atoms with E-state index >= 15 is 0 Å². The number of hydrogen-bond donors (Lipinski definition) is 0. The minimum absolute atomic E-state index is 0.511. The average molecular weight is 243 g/mol. The predicted molar refractivity (Wildman–Crippen MR) is 66.4 cm³/mol. The van der Waals surface area contributed by atoms with Crippen molar-refractivity contribution < 1.29 is 9.53 Å². The van der Waals surface area contributed by atoms with Gasteiger partial charge in [0.25, 0.3) is 0 Å². The van der Waals surface area contributed by atoms with Gasteiger partial charge in [-0.2, -0.15) is 5.26 Å². The summed E-state index contributed by atoms with van der Waals surface area (Å²) in [4.78, 5) is 12.5. The van der Waals surface area contributed by atoms with Crippen molar-refractivity contribution in [1.29, 1.82) is 5.26 Å². The van der Waals surface area contributed by atoms with Crippen LogP contribution in [0.25, 0.3) is 10.4 Å². The maximum Gasteiger partial charge on any atom is 0.153 e. The first-order valence-electron chi connectivity index (χ1n) is 4.92. The van der Waals surface area contributed by atoms with E-state index < -0.39 is 0 Å². The third-order valence-corrected chi connectivity index (χ3v) is 3.40. The molecule has 4 heteroatoms. The van der Waals surface area contributed by atoms with Crippen LogP contribution >= 0.6 is 11.3 Å². The van der Waals surface area contributed by atoms with E-state index in [2.05, 4.69) is 6.07 Å². The second-order valence-electron chi connectivity index (χ2n) is 3.35. The van der Waals surface area contributed by atoms with Crippen LogP contribution in [-0.4, -0.2) is 13.4 Å². The fourth-order valence-corrected chi connectivity index (χ4v) is 2.33. The van der Waals surface area contributed by atoms with Gasteiger partial charge in [0.15, 0.2) is 6.29 Å². The maximum atomic E-state index is 10.9. The van der Waals surface area contributed by atoms with Gasteiger partial charge in [0, 0.05) is 4.88 Å². The summed E-state index contributed by atoms with van der Waals surface area (Å²) in [5.74, 6) is 0.556. The molecule has 0 bridgehead atoms. The summed E-state index contributed by atoms with van der Waals surface area (Å²) >= 11 is 1.40. The summed E-state index contributed by atoms with van der Waals surface area (Å²) in [6.45, 7) is 0. The number of carbonyl (C=O) groups excluding carboxylic acids is 1. The first-order valence-corrected chi connectivity index (χ1v) is 5.73. The van der Waals surface area contributed by atoms with Gasteiger partial charge in [0.2, 0.25) is 0 Å². The summed E-state index contributed by atoms with van der Waals surface area (Å²) in [5, 5.41) is 8.77. The van der Waals surface area contributed by atoms with Gasteiger partial charge in [-0.1, -0.05) is 0 Å². The Bertz CT molecular complexity index is 596. The van der Waals surface area contributed by atoms with Gasteiger partial charge in [0.1, 0.15) is 16.7 Å². The molecule has 0 aliphatic rings. The molecule has 1 aromatic heterocycles. The average Bonchev–Trinajstić information content (AvgIpc) is 2.86. The Balaban J connectivity index is 2.46. The highest BCUT2D eigenvalue weighted by atomic mass is 32.1. The summed E-state index contributed by atoms with van der Waals surface area (Å²) in [7, 11) is 1.53. The van der Waals surface area contributed by atoms with E-state index in [9.17, 15) is 4.79 Å². The Morgan fingerprint density at radius 2 is 2.18 bits per heavy atom. The van der Waals surface area contributed by atoms with Crippen LogP contribution in [0.5, 0.6) is 5.75 Å². The Hall–Kier alpha value is -2.12. The van der Waals surface area contributed by atoms with Crippen LogP contribution in [0.4, 0.5) is 0 Å². The van der Waals surface area contributed by atoms with E-state index in [4.69, 9.17) is 10.00 Å². The van der Waals surface area contributed by atoms with Gasteiger partial charge in [-0.3, -0.25) is 4.79 Å². The molecule has 0 amide bonds. The van der Waals surface area contributed by atoms with Crippen molar-refractivity contribution in [3.8, 4) is 22.3 Å². The van der Waals surface area contributed by atoms with Gasteiger partial charge in [-0.05, 0) is 35.9 Å². The van der Waals surface area contributed by atoms with E-state index in [1.807, 2.05) is 12.1 Å². The number of nitriles is 1. The summed E-state index contributed by atoms with van der Waals surface area (Å²) < 4.78 is 5.07. The number of thiophene rings is 1. The lowest BCUT2D eigenvalue weighted by atomic mass is 10.1. The molecule has 0 aliphatic carbocycles. The Morgan fingerprint density at radius 1 is 1.35 bits per heavy atom. The largest absolute Gasteiger partial charge is 0.496 e. The zero-order valence-electron chi connectivity index (χ0n) is 9.14. The van der Waals surface area contributed by atoms with Crippen molar-refractivity contribution in [3.05, 3.63) is 40.8 Å². The van der Waals surface area contributed by atoms with Gasteiger partial charge in [-0.25, -0.2) is 0 Å². The number of carbonyl (C=O) groups is 1. The second kappa shape index (κ2) is 4.81. The molecule has 0 fully saturated rings. The molecule has 84 valence electrons. The van der Waals surface area contributed by atoms with Crippen molar-refractivity contribution in [3.63, 3.8) is 0 Å². The molecule has 0 saturated heterocycles. The standard InChI is InChI=1S/C13H9NO2S/c1-16-12-4-2-9(6-10(12)8-15)13-5-3-11(7-14)17-13/h2-6,8H,1H3. The molecule has 0 radical (unpaired) electrons. The highest BCUT2D eigenvalue weighted by molar-refractivity contribution is 7.16. The van der Waals surface area contributed by atoms with Crippen molar-refractivity contribution in [2.75, 3.05) is 7.11 Å². The van der Waals surface area contributed by atoms with E-state index in [1.54, 1.807) is 18.2 Å². The van der Waals surface area contributed by atoms with Gasteiger partial charge >= 0.3 is 0 Å². The normalized spacial score (nSPS) is 9.65. The number of rotatable bonds is 3. The lowest BCUT2D eigenvalue weighted by molar-refractivity contribution is 0.112. The molecular formula is C13H9NO2S. The van der Waals surface area contributed by atoms with Crippen molar-refractivity contribution >= 4 is 17.6 Å². The van der Waals surface area contributed by atoms with Gasteiger partial charge < -0.3 is 4.74 Å². The highest BCUT2D eigenvalue weighted by Crippen LogP contribution is 2.30. The highest BCUT2D eigenvalue weighted by Gasteiger charge is 2.07. The molecule has 0 atom stereocenters. The van der Waals surface area contributed by atoms with E-state index in [0.717, 1.165) is 16.7 Å². The van der Waals surface area contributed by atoms with Crippen LogP contribution < -0.4 is 4.74 Å². The molecule has 17 heavy (non-hydrogen) atoms. The Labute approximate surface area is 103 Å². The first-order chi connectivity index (χ1) is 8.28. The number of aldehydes is 1. The fourth-order valence-electron chi connectivity index (χ4n) is 1.53. The molecule has 0 aliphatic heterocycles. The number of hydrogen-bond acceptors (Lipinski definition) is 4. The molecule has 2 rings (SSSR count). The van der Waals surface area contributed by atoms with Crippen LogP contribution in [0.1, 0.15) is 15.2 Å². The first kappa shape index (κ1) is 11.4. The minimum atomic E-state index is 0.511. The Kier molecular flexibility index (Phi) is 3.22. The zero-order chi connectivity index (χ0) is 12.3. The zero-order valence-corrected chi connectivity index (χ0v) is 9.95. The molecule has 2 aromatic rings. The fraction of sp³-hybridized carbons (Fsp3) is 0.0769. The topological polar surface area (TPSA) is 50.1 Å². The summed E-state index contributed by atoms with van der Waals surface area (Å²) in [6.07, 6.45) is 0.765. The molecular weight excluding hydrogens is 234 g/mol. The number of benzene rings is 1. The van der Waals surface area contributed by atoms with Crippen LogP contribution in [0.15, 0.2) is 30.3 Å². The molecule has 0 spiro atoms. The number of methoxy groups -OCH3 is 1. The SMILES string of the molecule is COc1ccc(-c2ccc(C#N)s2)cc1C=O. The Morgan fingerprint density at radius 3 is 2.76 bits per heavy atom. The monoisotopic (exact) mass is 243 g/mol. The molecule has 3 nitrogen and oxygen atoms in total. The van der Waals surface area contributed by atoms with E-state index in [-0.39, 0.29) is 0 Å². The molecule has 0 saturated carbocycles. The quantitative estimate of drug-likeness (QED) is 0.778. The summed E-state index contributed by atoms with van der Waals surface area (Å²) in [5.41, 5.74) is 1.43. The molecule has 0 N–H and O–H groups in total. The lowest BCUT2D eigenvalue weighted by Gasteiger charge is -2.04. The van der Waals surface area contributed by atoms with Gasteiger partial charge in [0.05, 0.1) is 12.7 Å². The summed E-state index contributed by atoms with van der Waals surface area (Å²) in [6, 6.07) is 11.1. The van der Waals surface area contributed by atoms with Crippen LogP contribution in [-0.2, 0) is 0 Å². The lowest BCUT2D eigenvalue weighted by Crippen LogP contribution is -1.90. The van der Waals surface area contributed by atoms with Crippen molar-refractivity contribution in [1.82, 2.24) is 0 Å². The maximum absolute atomic E-state index is 10.9. The number of ether oxygens (including phenoxy) is 1. The van der Waals surface area contributed by atoms with E-state index in [1.165, 1.54) is 18.4 Å². The second-order valence-corrected chi connectivity index (χ2v) is 4.43. The molecule has 1 aromatic carbocycles. The van der Waals surface area contributed by atoms with Crippen molar-refractivity contribution in [2.24, 2.45) is 0 Å².